The minimum atomic E-state index is -4.53. The molecule has 0 atom stereocenters. The molecular weight excluding hydrogens is 373 g/mol. The Labute approximate surface area is 157 Å². The molecular formula is C19H11F3N4O2. The molecule has 140 valence electrons. The van der Waals surface area contributed by atoms with Crippen molar-refractivity contribution in [3.05, 3.63) is 77.9 Å². The second-order valence-corrected chi connectivity index (χ2v) is 5.54. The number of nitrogens with one attached hydrogen (secondary N) is 1. The highest BCUT2D eigenvalue weighted by atomic mass is 19.4. The van der Waals surface area contributed by atoms with E-state index in [-0.39, 0.29) is 17.1 Å². The van der Waals surface area contributed by atoms with Crippen molar-refractivity contribution < 1.29 is 22.7 Å². The molecule has 1 amide bonds. The molecule has 28 heavy (non-hydrogen) atoms. The number of ether oxygens (including phenoxy) is 1. The van der Waals surface area contributed by atoms with Gasteiger partial charge >= 0.3 is 6.18 Å². The summed E-state index contributed by atoms with van der Waals surface area (Å²) in [7, 11) is 0. The monoisotopic (exact) mass is 384 g/mol. The van der Waals surface area contributed by atoms with Gasteiger partial charge in [0.05, 0.1) is 35.9 Å². The summed E-state index contributed by atoms with van der Waals surface area (Å²) < 4.78 is 43.0. The van der Waals surface area contributed by atoms with Crippen molar-refractivity contribution in [2.45, 2.75) is 6.18 Å². The van der Waals surface area contributed by atoms with Gasteiger partial charge in [0.2, 0.25) is 0 Å². The first-order chi connectivity index (χ1) is 13.3. The molecule has 6 nitrogen and oxygen atoms in total. The number of anilines is 1. The third-order valence-electron chi connectivity index (χ3n) is 3.49. The Kier molecular flexibility index (Phi) is 5.22. The second kappa shape index (κ2) is 7.75. The maximum Gasteiger partial charge on any atom is 0.433 e. The number of hydrogen-bond acceptors (Lipinski definition) is 5. The van der Waals surface area contributed by atoms with Gasteiger partial charge in [-0.15, -0.1) is 0 Å². The fraction of sp³-hybridized carbons (Fsp3) is 0.0526. The molecule has 0 bridgehead atoms. The van der Waals surface area contributed by atoms with Crippen LogP contribution >= 0.6 is 0 Å². The van der Waals surface area contributed by atoms with E-state index in [1.165, 1.54) is 24.5 Å². The predicted molar refractivity (Wildman–Crippen MR) is 92.7 cm³/mol. The van der Waals surface area contributed by atoms with E-state index < -0.39 is 17.8 Å². The van der Waals surface area contributed by atoms with E-state index in [1.54, 1.807) is 18.2 Å². The van der Waals surface area contributed by atoms with Gasteiger partial charge in [0.15, 0.2) is 0 Å². The van der Waals surface area contributed by atoms with Crippen LogP contribution < -0.4 is 10.1 Å². The number of benzene rings is 1. The van der Waals surface area contributed by atoms with E-state index in [2.05, 4.69) is 15.3 Å². The van der Waals surface area contributed by atoms with Crippen molar-refractivity contribution in [1.29, 1.82) is 5.26 Å². The molecule has 2 heterocycles. The zero-order valence-electron chi connectivity index (χ0n) is 14.1. The van der Waals surface area contributed by atoms with Gasteiger partial charge in [-0.1, -0.05) is 6.07 Å². The van der Waals surface area contributed by atoms with E-state index in [0.29, 0.717) is 11.3 Å². The number of aromatic nitrogens is 2. The number of rotatable bonds is 4. The number of hydrogen-bond donors (Lipinski definition) is 1. The van der Waals surface area contributed by atoms with Crippen molar-refractivity contribution >= 4 is 11.6 Å². The first-order valence-electron chi connectivity index (χ1n) is 7.83. The molecule has 0 spiro atoms. The average Bonchev–Trinajstić information content (AvgIpc) is 2.68. The summed E-state index contributed by atoms with van der Waals surface area (Å²) in [6.45, 7) is 0. The summed E-state index contributed by atoms with van der Waals surface area (Å²) in [5.41, 5.74) is -0.0849. The first-order valence-corrected chi connectivity index (χ1v) is 7.83. The number of nitriles is 1. The normalized spacial score (nSPS) is 10.8. The summed E-state index contributed by atoms with van der Waals surface area (Å²) in [6, 6.07) is 11.5. The van der Waals surface area contributed by atoms with Crippen LogP contribution in [0.25, 0.3) is 0 Å². The number of carbonyl (C=O) groups excluding carboxylic acids is 1. The van der Waals surface area contributed by atoms with E-state index in [0.717, 1.165) is 18.3 Å². The summed E-state index contributed by atoms with van der Waals surface area (Å²) >= 11 is 0. The third-order valence-corrected chi connectivity index (χ3v) is 3.49. The Balaban J connectivity index is 1.72. The SMILES string of the molecule is N#Cc1cccc(C(=O)Nc2cncc(Oc3ccc(C(F)(F)F)nc3)c2)c1. The standard InChI is InChI=1S/C19H11F3N4O2/c20-19(21,22)17-5-4-15(11-25-17)28-16-7-14(9-24-10-16)26-18(27)13-3-1-2-12(6-13)8-23/h1-7,9-11H,(H,26,27). The Bertz CT molecular complexity index is 1040. The molecule has 1 aromatic carbocycles. The van der Waals surface area contributed by atoms with E-state index in [9.17, 15) is 18.0 Å². The van der Waals surface area contributed by atoms with Gasteiger partial charge in [0.1, 0.15) is 17.2 Å². The maximum absolute atomic E-state index is 12.5. The number of nitrogens with zero attached hydrogens (tertiary/aromatic N) is 3. The first kappa shape index (κ1) is 18.8. The number of pyridine rings is 2. The zero-order valence-corrected chi connectivity index (χ0v) is 14.1. The largest absolute Gasteiger partial charge is 0.454 e. The van der Waals surface area contributed by atoms with Gasteiger partial charge in [-0.25, -0.2) is 4.98 Å². The van der Waals surface area contributed by atoms with Crippen LogP contribution in [0.1, 0.15) is 21.6 Å². The lowest BCUT2D eigenvalue weighted by atomic mass is 10.1. The number of alkyl halides is 3. The summed E-state index contributed by atoms with van der Waals surface area (Å²) in [5, 5.41) is 11.5. The summed E-state index contributed by atoms with van der Waals surface area (Å²) in [4.78, 5) is 19.5. The van der Waals surface area contributed by atoms with Crippen LogP contribution in [-0.2, 0) is 6.18 Å². The number of halogens is 3. The molecule has 0 aliphatic carbocycles. The van der Waals surface area contributed by atoms with Crippen molar-refractivity contribution in [2.75, 3.05) is 5.32 Å². The molecule has 2 aromatic heterocycles. The lowest BCUT2D eigenvalue weighted by Gasteiger charge is -2.09. The smallest absolute Gasteiger partial charge is 0.433 e. The molecule has 9 heteroatoms. The molecule has 0 aliphatic rings. The van der Waals surface area contributed by atoms with Crippen LogP contribution in [0.2, 0.25) is 0 Å². The van der Waals surface area contributed by atoms with Gasteiger partial charge < -0.3 is 10.1 Å². The van der Waals surface area contributed by atoms with Crippen LogP contribution in [0.15, 0.2) is 61.1 Å². The fourth-order valence-electron chi connectivity index (χ4n) is 2.22. The highest BCUT2D eigenvalue weighted by Crippen LogP contribution is 2.29. The van der Waals surface area contributed by atoms with E-state index in [1.807, 2.05) is 6.07 Å². The molecule has 3 aromatic rings. The minimum Gasteiger partial charge on any atom is -0.454 e. The second-order valence-electron chi connectivity index (χ2n) is 5.54. The van der Waals surface area contributed by atoms with Gasteiger partial charge in [-0.2, -0.15) is 18.4 Å². The molecule has 0 radical (unpaired) electrons. The van der Waals surface area contributed by atoms with Crippen molar-refractivity contribution in [2.24, 2.45) is 0 Å². The van der Waals surface area contributed by atoms with Gasteiger partial charge in [0.25, 0.3) is 5.91 Å². The fourth-order valence-corrected chi connectivity index (χ4v) is 2.22. The lowest BCUT2D eigenvalue weighted by molar-refractivity contribution is -0.141. The number of amides is 1. The summed E-state index contributed by atoms with van der Waals surface area (Å²) in [6.07, 6.45) is -0.873. The van der Waals surface area contributed by atoms with Crippen molar-refractivity contribution in [3.8, 4) is 17.6 Å². The van der Waals surface area contributed by atoms with E-state index >= 15 is 0 Å². The highest BCUT2D eigenvalue weighted by Gasteiger charge is 2.32. The molecule has 0 unspecified atom stereocenters. The van der Waals surface area contributed by atoms with Crippen LogP contribution in [0.5, 0.6) is 11.5 Å². The van der Waals surface area contributed by atoms with Crippen LogP contribution in [0.4, 0.5) is 18.9 Å². The Morgan fingerprint density at radius 3 is 2.57 bits per heavy atom. The van der Waals surface area contributed by atoms with Crippen LogP contribution in [-0.4, -0.2) is 15.9 Å². The maximum atomic E-state index is 12.5. The molecule has 0 saturated heterocycles. The van der Waals surface area contributed by atoms with Gasteiger partial charge in [0, 0.05) is 11.6 Å². The van der Waals surface area contributed by atoms with Gasteiger partial charge in [-0.05, 0) is 30.3 Å². The lowest BCUT2D eigenvalue weighted by Crippen LogP contribution is -2.12. The van der Waals surface area contributed by atoms with Crippen molar-refractivity contribution in [1.82, 2.24) is 9.97 Å². The molecule has 0 fully saturated rings. The van der Waals surface area contributed by atoms with E-state index in [4.69, 9.17) is 10.00 Å². The van der Waals surface area contributed by atoms with Crippen LogP contribution in [0.3, 0.4) is 0 Å². The quantitative estimate of drug-likeness (QED) is 0.720. The highest BCUT2D eigenvalue weighted by molar-refractivity contribution is 6.04. The van der Waals surface area contributed by atoms with Crippen molar-refractivity contribution in [3.63, 3.8) is 0 Å². The Hall–Kier alpha value is -3.93. The average molecular weight is 384 g/mol. The molecule has 3 rings (SSSR count). The molecule has 0 aliphatic heterocycles. The topological polar surface area (TPSA) is 87.9 Å². The molecule has 0 saturated carbocycles. The third kappa shape index (κ3) is 4.62. The Morgan fingerprint density at radius 2 is 1.89 bits per heavy atom. The minimum absolute atomic E-state index is 0.0833. The Morgan fingerprint density at radius 1 is 1.07 bits per heavy atom. The molecule has 1 N–H and O–H groups in total. The zero-order chi connectivity index (χ0) is 20.1. The van der Waals surface area contributed by atoms with Gasteiger partial charge in [-0.3, -0.25) is 9.78 Å². The predicted octanol–water partition coefficient (Wildman–Crippen LogP) is 4.41. The van der Waals surface area contributed by atoms with Crippen LogP contribution in [0, 0.1) is 11.3 Å². The summed E-state index contributed by atoms with van der Waals surface area (Å²) in [5.74, 6) is -0.169. The number of carbonyl (C=O) groups is 1.